The van der Waals surface area contributed by atoms with Crippen molar-refractivity contribution in [2.75, 3.05) is 0 Å². The van der Waals surface area contributed by atoms with Crippen molar-refractivity contribution in [2.24, 2.45) is 0 Å². The smallest absolute Gasteiger partial charge is 0.138 e. The van der Waals surface area contributed by atoms with Crippen LogP contribution in [-0.2, 0) is 6.54 Å². The van der Waals surface area contributed by atoms with Gasteiger partial charge in [0.1, 0.15) is 11.6 Å². The van der Waals surface area contributed by atoms with Crippen molar-refractivity contribution >= 4 is 0 Å². The van der Waals surface area contributed by atoms with E-state index >= 15 is 0 Å². The lowest BCUT2D eigenvalue weighted by Crippen LogP contribution is -2.28. The molecule has 1 aromatic carbocycles. The fourth-order valence-corrected chi connectivity index (χ4v) is 2.24. The molecule has 22 heavy (non-hydrogen) atoms. The molecule has 118 valence electrons. The maximum atomic E-state index is 12.9. The van der Waals surface area contributed by atoms with Crippen LogP contribution in [0.2, 0.25) is 0 Å². The van der Waals surface area contributed by atoms with Gasteiger partial charge in [-0.1, -0.05) is 12.1 Å². The van der Waals surface area contributed by atoms with Crippen LogP contribution in [0.1, 0.15) is 36.4 Å². The van der Waals surface area contributed by atoms with E-state index in [1.165, 1.54) is 12.1 Å². The van der Waals surface area contributed by atoms with E-state index in [-0.39, 0.29) is 17.6 Å². The summed E-state index contributed by atoms with van der Waals surface area (Å²) in [6.45, 7) is 4.23. The van der Waals surface area contributed by atoms with Gasteiger partial charge in [-0.05, 0) is 50.1 Å². The topological polar surface area (TPSA) is 65.4 Å². The Morgan fingerprint density at radius 2 is 1.86 bits per heavy atom. The summed E-state index contributed by atoms with van der Waals surface area (Å²) in [5, 5.41) is 23.1. The molecule has 2 atom stereocenters. The Morgan fingerprint density at radius 1 is 1.18 bits per heavy atom. The van der Waals surface area contributed by atoms with Gasteiger partial charge in [-0.2, -0.15) is 0 Å². The fraction of sp³-hybridized carbons (Fsp3) is 0.353. The van der Waals surface area contributed by atoms with E-state index in [0.29, 0.717) is 24.2 Å². The van der Waals surface area contributed by atoms with Crippen molar-refractivity contribution < 1.29 is 14.6 Å². The number of aliphatic hydroxyl groups is 1. The largest absolute Gasteiger partial charge is 0.506 e. The van der Waals surface area contributed by atoms with Crippen LogP contribution in [-0.4, -0.2) is 21.2 Å². The first-order valence-corrected chi connectivity index (χ1v) is 7.28. The highest BCUT2D eigenvalue weighted by molar-refractivity contribution is 5.27. The van der Waals surface area contributed by atoms with Crippen molar-refractivity contribution in [2.45, 2.75) is 39.0 Å². The van der Waals surface area contributed by atoms with E-state index in [2.05, 4.69) is 10.3 Å². The predicted molar refractivity (Wildman–Crippen MR) is 82.9 cm³/mol. The average molecular weight is 304 g/mol. The lowest BCUT2D eigenvalue weighted by Gasteiger charge is -2.18. The van der Waals surface area contributed by atoms with Gasteiger partial charge in [-0.15, -0.1) is 0 Å². The van der Waals surface area contributed by atoms with Gasteiger partial charge >= 0.3 is 0 Å². The molecule has 0 radical (unpaired) electrons. The molecule has 0 saturated carbocycles. The standard InChI is InChI=1S/C17H21FN2O2/c1-11-3-8-16(21)15(20-11)10-19-12(2)9-17(22)13-4-6-14(18)7-5-13/h3-8,12,17,19,21-22H,9-10H2,1-2H3. The molecule has 2 unspecified atom stereocenters. The van der Waals surface area contributed by atoms with E-state index in [0.717, 1.165) is 5.69 Å². The van der Waals surface area contributed by atoms with Crippen molar-refractivity contribution in [3.8, 4) is 5.75 Å². The third-order valence-electron chi connectivity index (χ3n) is 3.54. The fourth-order valence-electron chi connectivity index (χ4n) is 2.24. The van der Waals surface area contributed by atoms with Gasteiger partial charge in [0.05, 0.1) is 11.8 Å². The highest BCUT2D eigenvalue weighted by Crippen LogP contribution is 2.19. The molecule has 0 aliphatic rings. The van der Waals surface area contributed by atoms with Gasteiger partial charge in [-0.3, -0.25) is 4.98 Å². The minimum absolute atomic E-state index is 0.0155. The quantitative estimate of drug-likeness (QED) is 0.768. The lowest BCUT2D eigenvalue weighted by atomic mass is 10.0. The summed E-state index contributed by atoms with van der Waals surface area (Å²) in [7, 11) is 0. The number of nitrogens with one attached hydrogen (secondary N) is 1. The van der Waals surface area contributed by atoms with Gasteiger partial charge in [-0.25, -0.2) is 4.39 Å². The van der Waals surface area contributed by atoms with Crippen LogP contribution in [0.5, 0.6) is 5.75 Å². The van der Waals surface area contributed by atoms with Crippen molar-refractivity contribution in [3.05, 3.63) is 59.2 Å². The first-order valence-electron chi connectivity index (χ1n) is 7.28. The second-order valence-electron chi connectivity index (χ2n) is 5.50. The monoisotopic (exact) mass is 304 g/mol. The molecule has 0 fully saturated rings. The van der Waals surface area contributed by atoms with Gasteiger partial charge < -0.3 is 15.5 Å². The van der Waals surface area contributed by atoms with Gasteiger partial charge in [0, 0.05) is 18.3 Å². The third-order valence-corrected chi connectivity index (χ3v) is 3.54. The number of benzene rings is 1. The molecule has 0 amide bonds. The first kappa shape index (κ1) is 16.4. The minimum Gasteiger partial charge on any atom is -0.506 e. The number of pyridine rings is 1. The maximum Gasteiger partial charge on any atom is 0.138 e. The van der Waals surface area contributed by atoms with Crippen LogP contribution in [0, 0.1) is 12.7 Å². The molecule has 0 spiro atoms. The van der Waals surface area contributed by atoms with E-state index in [4.69, 9.17) is 0 Å². The molecule has 1 heterocycles. The van der Waals surface area contributed by atoms with E-state index in [1.54, 1.807) is 24.3 Å². The zero-order valence-corrected chi connectivity index (χ0v) is 12.8. The molecule has 0 aliphatic heterocycles. The SMILES string of the molecule is Cc1ccc(O)c(CNC(C)CC(O)c2ccc(F)cc2)n1. The Balaban J connectivity index is 1.88. The number of halogens is 1. The number of aryl methyl sites for hydroxylation is 1. The molecule has 0 bridgehead atoms. The number of aromatic nitrogens is 1. The molecule has 2 aromatic rings. The molecule has 2 rings (SSSR count). The second-order valence-corrected chi connectivity index (χ2v) is 5.50. The van der Waals surface area contributed by atoms with E-state index < -0.39 is 6.10 Å². The summed E-state index contributed by atoms with van der Waals surface area (Å²) in [5.41, 5.74) is 2.11. The number of aliphatic hydroxyl groups excluding tert-OH is 1. The van der Waals surface area contributed by atoms with Gasteiger partial charge in [0.2, 0.25) is 0 Å². The Hall–Kier alpha value is -1.98. The van der Waals surface area contributed by atoms with Crippen molar-refractivity contribution in [3.63, 3.8) is 0 Å². The molecule has 5 heteroatoms. The molecular formula is C17H21FN2O2. The summed E-state index contributed by atoms with van der Waals surface area (Å²) in [6.07, 6.45) is -0.180. The number of nitrogens with zero attached hydrogens (tertiary/aromatic N) is 1. The number of rotatable bonds is 6. The molecule has 1 aromatic heterocycles. The number of aromatic hydroxyl groups is 1. The zero-order valence-electron chi connectivity index (χ0n) is 12.8. The highest BCUT2D eigenvalue weighted by atomic mass is 19.1. The molecule has 0 aliphatic carbocycles. The van der Waals surface area contributed by atoms with Crippen LogP contribution in [0.3, 0.4) is 0 Å². The second kappa shape index (κ2) is 7.33. The summed E-state index contributed by atoms with van der Waals surface area (Å²) in [4.78, 5) is 4.28. The first-order chi connectivity index (χ1) is 10.5. The highest BCUT2D eigenvalue weighted by Gasteiger charge is 2.13. The summed E-state index contributed by atoms with van der Waals surface area (Å²) < 4.78 is 12.9. The van der Waals surface area contributed by atoms with Gasteiger partial charge in [0.25, 0.3) is 0 Å². The van der Waals surface area contributed by atoms with E-state index in [9.17, 15) is 14.6 Å². The Bertz CT molecular complexity index is 617. The van der Waals surface area contributed by atoms with Crippen molar-refractivity contribution in [1.82, 2.24) is 10.3 Å². The van der Waals surface area contributed by atoms with Crippen LogP contribution >= 0.6 is 0 Å². The molecular weight excluding hydrogens is 283 g/mol. The summed E-state index contributed by atoms with van der Waals surface area (Å²) in [5.74, 6) is -0.160. The zero-order chi connectivity index (χ0) is 16.1. The van der Waals surface area contributed by atoms with Gasteiger partial charge in [0.15, 0.2) is 0 Å². The van der Waals surface area contributed by atoms with Crippen LogP contribution in [0.4, 0.5) is 4.39 Å². The third kappa shape index (κ3) is 4.51. The minimum atomic E-state index is -0.665. The molecule has 3 N–H and O–H groups in total. The molecule has 0 saturated heterocycles. The van der Waals surface area contributed by atoms with Crippen LogP contribution in [0.15, 0.2) is 36.4 Å². The van der Waals surface area contributed by atoms with Crippen molar-refractivity contribution in [1.29, 1.82) is 0 Å². The maximum absolute atomic E-state index is 12.9. The average Bonchev–Trinajstić information content (AvgIpc) is 2.49. The van der Waals surface area contributed by atoms with E-state index in [1.807, 2.05) is 13.8 Å². The van der Waals surface area contributed by atoms with Crippen LogP contribution in [0.25, 0.3) is 0 Å². The Labute approximate surface area is 129 Å². The van der Waals surface area contributed by atoms with Crippen LogP contribution < -0.4 is 5.32 Å². The normalized spacial score (nSPS) is 13.8. The Kier molecular flexibility index (Phi) is 5.46. The lowest BCUT2D eigenvalue weighted by molar-refractivity contribution is 0.153. The number of hydrogen-bond donors (Lipinski definition) is 3. The Morgan fingerprint density at radius 3 is 2.55 bits per heavy atom. The predicted octanol–water partition coefficient (Wildman–Crippen LogP) is 2.84. The molecule has 4 nitrogen and oxygen atoms in total. The summed E-state index contributed by atoms with van der Waals surface area (Å²) in [6, 6.07) is 9.23. The number of hydrogen-bond acceptors (Lipinski definition) is 4. The summed E-state index contributed by atoms with van der Waals surface area (Å²) >= 11 is 0.